The summed E-state index contributed by atoms with van der Waals surface area (Å²) in [5.74, 6) is -0.246. The molecule has 0 radical (unpaired) electrons. The molecular formula is C25H40O4. The van der Waals surface area contributed by atoms with Gasteiger partial charge in [-0.05, 0) is 43.0 Å². The topological polar surface area (TPSA) is 52.6 Å². The van der Waals surface area contributed by atoms with E-state index in [2.05, 4.69) is 20.8 Å². The van der Waals surface area contributed by atoms with Gasteiger partial charge in [0.1, 0.15) is 0 Å². The lowest BCUT2D eigenvalue weighted by Crippen LogP contribution is -2.14. The lowest BCUT2D eigenvalue weighted by molar-refractivity contribution is 0.0425. The number of hydrogen-bond donors (Lipinski definition) is 0. The van der Waals surface area contributed by atoms with E-state index < -0.39 is 0 Å². The minimum absolute atomic E-state index is 0.331. The molecule has 1 aromatic carbocycles. The predicted octanol–water partition coefficient (Wildman–Crippen LogP) is 6.97. The highest BCUT2D eigenvalue weighted by Crippen LogP contribution is 2.15. The third kappa shape index (κ3) is 11.1. The standard InChI is InChI=1S/C25H40O4/c1-4-7-9-10-11-12-13-19-28-24(26)22-15-17-23(18-16-22)25(27)29-20-21(6-3)14-8-5-2/h15-18,21H,4-14,19-20H2,1-3H3. The summed E-state index contributed by atoms with van der Waals surface area (Å²) < 4.78 is 10.8. The van der Waals surface area contributed by atoms with E-state index in [0.717, 1.165) is 38.5 Å². The lowest BCUT2D eigenvalue weighted by atomic mass is 10.0. The molecule has 0 heterocycles. The number of esters is 2. The minimum atomic E-state index is -0.332. The van der Waals surface area contributed by atoms with Crippen molar-refractivity contribution in [1.29, 1.82) is 0 Å². The van der Waals surface area contributed by atoms with Crippen molar-refractivity contribution in [3.8, 4) is 0 Å². The van der Waals surface area contributed by atoms with E-state index in [9.17, 15) is 9.59 Å². The fraction of sp³-hybridized carbons (Fsp3) is 0.680. The monoisotopic (exact) mass is 404 g/mol. The predicted molar refractivity (Wildman–Crippen MR) is 118 cm³/mol. The average Bonchev–Trinajstić information content (AvgIpc) is 2.75. The number of carbonyl (C=O) groups is 2. The summed E-state index contributed by atoms with van der Waals surface area (Å²) in [6, 6.07) is 6.55. The molecule has 0 fully saturated rings. The Labute approximate surface area is 177 Å². The Balaban J connectivity index is 2.31. The maximum atomic E-state index is 12.2. The van der Waals surface area contributed by atoms with Crippen LogP contribution in [-0.4, -0.2) is 25.2 Å². The summed E-state index contributed by atoms with van der Waals surface area (Å²) in [6.07, 6.45) is 12.7. The van der Waals surface area contributed by atoms with Crippen molar-refractivity contribution in [2.45, 2.75) is 91.4 Å². The molecule has 0 aliphatic carbocycles. The van der Waals surface area contributed by atoms with Crippen molar-refractivity contribution in [2.24, 2.45) is 5.92 Å². The van der Waals surface area contributed by atoms with Gasteiger partial charge < -0.3 is 9.47 Å². The summed E-state index contributed by atoms with van der Waals surface area (Å²) in [6.45, 7) is 7.41. The highest BCUT2D eigenvalue weighted by molar-refractivity contribution is 5.93. The van der Waals surface area contributed by atoms with Gasteiger partial charge in [-0.1, -0.05) is 78.6 Å². The van der Waals surface area contributed by atoms with E-state index in [4.69, 9.17) is 9.47 Å². The van der Waals surface area contributed by atoms with Crippen LogP contribution in [0.1, 0.15) is 112 Å². The third-order valence-electron chi connectivity index (χ3n) is 5.33. The van der Waals surface area contributed by atoms with Gasteiger partial charge in [-0.25, -0.2) is 9.59 Å². The molecule has 4 nitrogen and oxygen atoms in total. The van der Waals surface area contributed by atoms with Crippen LogP contribution < -0.4 is 0 Å². The van der Waals surface area contributed by atoms with Gasteiger partial charge in [0.25, 0.3) is 0 Å². The summed E-state index contributed by atoms with van der Waals surface area (Å²) in [5, 5.41) is 0. The van der Waals surface area contributed by atoms with Crippen LogP contribution in [0.25, 0.3) is 0 Å². The highest BCUT2D eigenvalue weighted by Gasteiger charge is 2.13. The van der Waals surface area contributed by atoms with E-state index in [0.29, 0.717) is 30.3 Å². The number of carbonyl (C=O) groups excluding carboxylic acids is 2. The largest absolute Gasteiger partial charge is 0.462 e. The van der Waals surface area contributed by atoms with Crippen molar-refractivity contribution < 1.29 is 19.1 Å². The van der Waals surface area contributed by atoms with Crippen LogP contribution >= 0.6 is 0 Å². The quantitative estimate of drug-likeness (QED) is 0.220. The molecule has 0 saturated carbocycles. The molecule has 29 heavy (non-hydrogen) atoms. The molecule has 0 bridgehead atoms. The number of benzene rings is 1. The third-order valence-corrected chi connectivity index (χ3v) is 5.33. The van der Waals surface area contributed by atoms with E-state index in [1.54, 1.807) is 24.3 Å². The van der Waals surface area contributed by atoms with Gasteiger partial charge in [0, 0.05) is 0 Å². The van der Waals surface area contributed by atoms with Crippen LogP contribution in [-0.2, 0) is 9.47 Å². The van der Waals surface area contributed by atoms with Crippen molar-refractivity contribution >= 4 is 11.9 Å². The van der Waals surface area contributed by atoms with Crippen LogP contribution in [0, 0.1) is 5.92 Å². The van der Waals surface area contributed by atoms with Crippen LogP contribution in [0.15, 0.2) is 24.3 Å². The van der Waals surface area contributed by atoms with Gasteiger partial charge in [-0.2, -0.15) is 0 Å². The first-order chi connectivity index (χ1) is 14.1. The Morgan fingerprint density at radius 3 is 1.79 bits per heavy atom. The zero-order valence-corrected chi connectivity index (χ0v) is 18.7. The molecule has 0 N–H and O–H groups in total. The zero-order valence-electron chi connectivity index (χ0n) is 18.7. The number of hydrogen-bond acceptors (Lipinski definition) is 4. The van der Waals surface area contributed by atoms with Gasteiger partial charge in [0.05, 0.1) is 24.3 Å². The Morgan fingerprint density at radius 1 is 0.724 bits per heavy atom. The van der Waals surface area contributed by atoms with Gasteiger partial charge >= 0.3 is 11.9 Å². The minimum Gasteiger partial charge on any atom is -0.462 e. The molecule has 0 aliphatic heterocycles. The summed E-state index contributed by atoms with van der Waals surface area (Å²) in [7, 11) is 0. The highest BCUT2D eigenvalue weighted by atomic mass is 16.5. The van der Waals surface area contributed by atoms with E-state index >= 15 is 0 Å². The van der Waals surface area contributed by atoms with E-state index in [1.165, 1.54) is 32.1 Å². The van der Waals surface area contributed by atoms with Crippen LogP contribution in [0.3, 0.4) is 0 Å². The summed E-state index contributed by atoms with van der Waals surface area (Å²) in [5.41, 5.74) is 0.942. The molecule has 0 spiro atoms. The van der Waals surface area contributed by atoms with Gasteiger partial charge in [-0.3, -0.25) is 0 Å². The summed E-state index contributed by atoms with van der Waals surface area (Å²) in [4.78, 5) is 24.3. The molecule has 0 aromatic heterocycles. The molecule has 4 heteroatoms. The Kier molecular flexibility index (Phi) is 13.9. The first-order valence-corrected chi connectivity index (χ1v) is 11.6. The van der Waals surface area contributed by atoms with Crippen LogP contribution in [0.4, 0.5) is 0 Å². The van der Waals surface area contributed by atoms with E-state index in [1.807, 2.05) is 0 Å². The van der Waals surface area contributed by atoms with Crippen LogP contribution in [0.2, 0.25) is 0 Å². The molecule has 1 atom stereocenters. The fourth-order valence-corrected chi connectivity index (χ4v) is 3.22. The van der Waals surface area contributed by atoms with Gasteiger partial charge in [0.15, 0.2) is 0 Å². The second kappa shape index (κ2) is 16.0. The normalized spacial score (nSPS) is 11.8. The Hall–Kier alpha value is -1.84. The van der Waals surface area contributed by atoms with Crippen molar-refractivity contribution in [3.63, 3.8) is 0 Å². The van der Waals surface area contributed by atoms with E-state index in [-0.39, 0.29) is 11.9 Å². The lowest BCUT2D eigenvalue weighted by Gasteiger charge is -2.14. The molecular weight excluding hydrogens is 364 g/mol. The maximum Gasteiger partial charge on any atom is 0.338 e. The van der Waals surface area contributed by atoms with Gasteiger partial charge in [-0.15, -0.1) is 0 Å². The van der Waals surface area contributed by atoms with Crippen molar-refractivity contribution in [2.75, 3.05) is 13.2 Å². The second-order valence-electron chi connectivity index (χ2n) is 7.85. The Bertz CT molecular complexity index is 565. The molecule has 1 unspecified atom stereocenters. The fourth-order valence-electron chi connectivity index (χ4n) is 3.22. The van der Waals surface area contributed by atoms with Crippen molar-refractivity contribution in [3.05, 3.63) is 35.4 Å². The molecule has 0 saturated heterocycles. The first kappa shape index (κ1) is 25.2. The number of rotatable bonds is 16. The molecule has 0 aliphatic rings. The molecule has 1 aromatic rings. The molecule has 164 valence electrons. The first-order valence-electron chi connectivity index (χ1n) is 11.6. The zero-order chi connectivity index (χ0) is 21.3. The molecule has 0 amide bonds. The van der Waals surface area contributed by atoms with Crippen LogP contribution in [0.5, 0.6) is 0 Å². The Morgan fingerprint density at radius 2 is 1.24 bits per heavy atom. The summed E-state index contributed by atoms with van der Waals surface area (Å²) >= 11 is 0. The second-order valence-corrected chi connectivity index (χ2v) is 7.85. The smallest absolute Gasteiger partial charge is 0.338 e. The maximum absolute atomic E-state index is 12.2. The number of ether oxygens (including phenoxy) is 2. The SMILES string of the molecule is CCCCCCCCCOC(=O)c1ccc(C(=O)OCC(CC)CCCC)cc1. The average molecular weight is 405 g/mol. The van der Waals surface area contributed by atoms with Gasteiger partial charge in [0.2, 0.25) is 0 Å². The van der Waals surface area contributed by atoms with Crippen molar-refractivity contribution in [1.82, 2.24) is 0 Å². The molecule has 1 rings (SSSR count). The number of unbranched alkanes of at least 4 members (excludes halogenated alkanes) is 7.